The molecule has 1 aromatic carbocycles. The molecule has 0 bridgehead atoms. The molecule has 0 unspecified atom stereocenters. The fraction of sp³-hybridized carbons (Fsp3) is 0.167. The Hall–Kier alpha value is -2.21. The normalized spacial score (nSPS) is 10.8. The van der Waals surface area contributed by atoms with Crippen molar-refractivity contribution in [3.63, 3.8) is 0 Å². The molecule has 3 N–H and O–H groups in total. The van der Waals surface area contributed by atoms with Gasteiger partial charge in [0.1, 0.15) is 18.8 Å². The van der Waals surface area contributed by atoms with Crippen LogP contribution < -0.4 is 4.72 Å². The Morgan fingerprint density at radius 2 is 2.25 bits per heavy atom. The van der Waals surface area contributed by atoms with E-state index in [9.17, 15) is 8.42 Å². The minimum Gasteiger partial charge on any atom is -0.384 e. The maximum absolute atomic E-state index is 12.1. The number of H-pyrrole nitrogens is 1. The molecule has 0 aliphatic heterocycles. The van der Waals surface area contributed by atoms with Crippen LogP contribution in [0.3, 0.4) is 0 Å². The molecule has 20 heavy (non-hydrogen) atoms. The number of nitrogens with zero attached hydrogens (tertiary/aromatic N) is 2. The lowest BCUT2D eigenvalue weighted by molar-refractivity contribution is 0.350. The molecule has 2 aromatic rings. The van der Waals surface area contributed by atoms with E-state index in [0.29, 0.717) is 11.4 Å². The summed E-state index contributed by atoms with van der Waals surface area (Å²) in [6.07, 6.45) is 1.30. The third-order valence-electron chi connectivity index (χ3n) is 2.35. The van der Waals surface area contributed by atoms with Gasteiger partial charge in [0.2, 0.25) is 10.0 Å². The van der Waals surface area contributed by atoms with E-state index >= 15 is 0 Å². The lowest BCUT2D eigenvalue weighted by atomic mass is 10.2. The van der Waals surface area contributed by atoms with Crippen LogP contribution in [-0.2, 0) is 16.6 Å². The van der Waals surface area contributed by atoms with Crippen LogP contribution in [0.1, 0.15) is 11.4 Å². The molecule has 8 heteroatoms. The van der Waals surface area contributed by atoms with Gasteiger partial charge in [-0.25, -0.2) is 18.1 Å². The number of nitrogens with one attached hydrogen (secondary N) is 2. The van der Waals surface area contributed by atoms with Crippen LogP contribution in [0.2, 0.25) is 0 Å². The SMILES string of the molecule is O=S(=O)(NCc1ncn[nH]1)c1cccc(C#CCO)c1. The molecular weight excluding hydrogens is 280 g/mol. The first kappa shape index (κ1) is 14.2. The third kappa shape index (κ3) is 3.64. The smallest absolute Gasteiger partial charge is 0.241 e. The number of aromatic nitrogens is 3. The van der Waals surface area contributed by atoms with Crippen molar-refractivity contribution in [1.82, 2.24) is 19.9 Å². The molecule has 0 atom stereocenters. The van der Waals surface area contributed by atoms with E-state index in [0.717, 1.165) is 0 Å². The molecule has 2 rings (SSSR count). The molecule has 0 spiro atoms. The van der Waals surface area contributed by atoms with Crippen molar-refractivity contribution in [2.24, 2.45) is 0 Å². The Balaban J connectivity index is 2.16. The highest BCUT2D eigenvalue weighted by atomic mass is 32.2. The van der Waals surface area contributed by atoms with Crippen molar-refractivity contribution in [2.75, 3.05) is 6.61 Å². The van der Waals surface area contributed by atoms with E-state index in [1.165, 1.54) is 18.5 Å². The summed E-state index contributed by atoms with van der Waals surface area (Å²) in [5, 5.41) is 14.8. The molecule has 1 aromatic heterocycles. The van der Waals surface area contributed by atoms with Crippen molar-refractivity contribution in [2.45, 2.75) is 11.4 Å². The Labute approximate surface area is 116 Å². The molecule has 0 saturated heterocycles. The van der Waals surface area contributed by atoms with Crippen LogP contribution in [0.15, 0.2) is 35.5 Å². The minimum atomic E-state index is -3.65. The minimum absolute atomic E-state index is 0.0227. The van der Waals surface area contributed by atoms with E-state index in [1.807, 2.05) is 0 Å². The van der Waals surface area contributed by atoms with Crippen molar-refractivity contribution in [3.05, 3.63) is 42.0 Å². The van der Waals surface area contributed by atoms with Crippen molar-refractivity contribution in [3.8, 4) is 11.8 Å². The lowest BCUT2D eigenvalue weighted by Crippen LogP contribution is -2.23. The van der Waals surface area contributed by atoms with Gasteiger partial charge >= 0.3 is 0 Å². The van der Waals surface area contributed by atoms with E-state index in [2.05, 4.69) is 31.7 Å². The van der Waals surface area contributed by atoms with E-state index in [-0.39, 0.29) is 18.0 Å². The summed E-state index contributed by atoms with van der Waals surface area (Å²) >= 11 is 0. The summed E-state index contributed by atoms with van der Waals surface area (Å²) in [6.45, 7) is -0.254. The summed E-state index contributed by atoms with van der Waals surface area (Å²) in [4.78, 5) is 3.93. The van der Waals surface area contributed by atoms with Gasteiger partial charge < -0.3 is 5.11 Å². The van der Waals surface area contributed by atoms with E-state index in [1.54, 1.807) is 12.1 Å². The third-order valence-corrected chi connectivity index (χ3v) is 3.75. The number of hydrogen-bond donors (Lipinski definition) is 3. The zero-order valence-corrected chi connectivity index (χ0v) is 11.2. The van der Waals surface area contributed by atoms with Crippen LogP contribution in [0, 0.1) is 11.8 Å². The first-order chi connectivity index (χ1) is 9.62. The summed E-state index contributed by atoms with van der Waals surface area (Å²) in [5.41, 5.74) is 0.515. The number of benzene rings is 1. The number of sulfonamides is 1. The van der Waals surface area contributed by atoms with Crippen LogP contribution in [0.25, 0.3) is 0 Å². The molecule has 0 saturated carbocycles. The Morgan fingerprint density at radius 1 is 1.40 bits per heavy atom. The molecule has 0 aliphatic carbocycles. The number of aliphatic hydroxyl groups is 1. The largest absolute Gasteiger partial charge is 0.384 e. The highest BCUT2D eigenvalue weighted by Gasteiger charge is 2.14. The van der Waals surface area contributed by atoms with Crippen LogP contribution in [0.5, 0.6) is 0 Å². The zero-order chi connectivity index (χ0) is 14.4. The van der Waals surface area contributed by atoms with Crippen LogP contribution >= 0.6 is 0 Å². The first-order valence-electron chi connectivity index (χ1n) is 5.65. The molecule has 7 nitrogen and oxygen atoms in total. The predicted octanol–water partition coefficient (Wildman–Crippen LogP) is -0.373. The second-order valence-electron chi connectivity index (χ2n) is 3.74. The second kappa shape index (κ2) is 6.29. The summed E-state index contributed by atoms with van der Waals surface area (Å²) in [6, 6.07) is 6.15. The van der Waals surface area contributed by atoms with Gasteiger partial charge in [-0.1, -0.05) is 17.9 Å². The standard InChI is InChI=1S/C12H12N4O3S/c17-6-2-4-10-3-1-5-11(7-10)20(18,19)15-8-12-13-9-14-16-12/h1,3,5,7,9,15,17H,6,8H2,(H,13,14,16). The van der Waals surface area contributed by atoms with Crippen molar-refractivity contribution < 1.29 is 13.5 Å². The van der Waals surface area contributed by atoms with Gasteiger partial charge in [0.25, 0.3) is 0 Å². The van der Waals surface area contributed by atoms with Gasteiger partial charge in [-0.3, -0.25) is 5.10 Å². The van der Waals surface area contributed by atoms with Gasteiger partial charge in [0.15, 0.2) is 0 Å². The Kier molecular flexibility index (Phi) is 4.47. The van der Waals surface area contributed by atoms with E-state index in [4.69, 9.17) is 5.11 Å². The van der Waals surface area contributed by atoms with Gasteiger partial charge in [-0.2, -0.15) is 5.10 Å². The van der Waals surface area contributed by atoms with Gasteiger partial charge in [-0.05, 0) is 18.2 Å². The fourth-order valence-corrected chi connectivity index (χ4v) is 2.48. The Morgan fingerprint density at radius 3 is 2.95 bits per heavy atom. The molecule has 0 fully saturated rings. The highest BCUT2D eigenvalue weighted by molar-refractivity contribution is 7.89. The lowest BCUT2D eigenvalue weighted by Gasteiger charge is -2.05. The molecule has 0 radical (unpaired) electrons. The van der Waals surface area contributed by atoms with E-state index < -0.39 is 10.0 Å². The van der Waals surface area contributed by atoms with Crippen LogP contribution in [0.4, 0.5) is 0 Å². The molecule has 1 heterocycles. The quantitative estimate of drug-likeness (QED) is 0.666. The highest BCUT2D eigenvalue weighted by Crippen LogP contribution is 2.11. The first-order valence-corrected chi connectivity index (χ1v) is 7.14. The second-order valence-corrected chi connectivity index (χ2v) is 5.51. The summed E-state index contributed by atoms with van der Waals surface area (Å²) < 4.78 is 26.6. The monoisotopic (exact) mass is 292 g/mol. The number of rotatable bonds is 4. The van der Waals surface area contributed by atoms with Gasteiger partial charge in [0, 0.05) is 5.56 Å². The number of hydrogen-bond acceptors (Lipinski definition) is 5. The molecule has 104 valence electrons. The predicted molar refractivity (Wildman–Crippen MR) is 70.8 cm³/mol. The molecule has 0 aliphatic rings. The number of aromatic amines is 1. The maximum atomic E-state index is 12.1. The number of aliphatic hydroxyl groups excluding tert-OH is 1. The van der Waals surface area contributed by atoms with Gasteiger partial charge in [-0.15, -0.1) is 0 Å². The topological polar surface area (TPSA) is 108 Å². The fourth-order valence-electron chi connectivity index (χ4n) is 1.45. The summed E-state index contributed by atoms with van der Waals surface area (Å²) in [5.74, 6) is 5.54. The Bertz CT molecular complexity index is 730. The van der Waals surface area contributed by atoms with Crippen LogP contribution in [-0.4, -0.2) is 35.3 Å². The summed E-state index contributed by atoms with van der Waals surface area (Å²) in [7, 11) is -3.65. The zero-order valence-electron chi connectivity index (χ0n) is 10.4. The average molecular weight is 292 g/mol. The maximum Gasteiger partial charge on any atom is 0.241 e. The molecule has 0 amide bonds. The molecular formula is C12H12N4O3S. The average Bonchev–Trinajstić information content (AvgIpc) is 2.97. The van der Waals surface area contributed by atoms with Crippen molar-refractivity contribution in [1.29, 1.82) is 0 Å². The van der Waals surface area contributed by atoms with Gasteiger partial charge in [0.05, 0.1) is 11.4 Å². The van der Waals surface area contributed by atoms with Crippen molar-refractivity contribution >= 4 is 10.0 Å².